The van der Waals surface area contributed by atoms with Gasteiger partial charge in [0.1, 0.15) is 0 Å². The lowest BCUT2D eigenvalue weighted by Gasteiger charge is -2.25. The number of hydrogen-bond donors (Lipinski definition) is 1. The summed E-state index contributed by atoms with van der Waals surface area (Å²) in [5.41, 5.74) is 0.382. The Kier molecular flexibility index (Phi) is 4.88. The highest BCUT2D eigenvalue weighted by atomic mass is 16.3. The summed E-state index contributed by atoms with van der Waals surface area (Å²) in [6.07, 6.45) is 0. The second-order valence-corrected chi connectivity index (χ2v) is 7.67. The third-order valence-corrected chi connectivity index (χ3v) is 3.15. The van der Waals surface area contributed by atoms with Crippen molar-refractivity contribution in [3.8, 4) is 0 Å². The highest BCUT2D eigenvalue weighted by Crippen LogP contribution is 2.24. The molecule has 0 aliphatic heterocycles. The summed E-state index contributed by atoms with van der Waals surface area (Å²) in [4.78, 5) is 14.0. The summed E-state index contributed by atoms with van der Waals surface area (Å²) in [5, 5.41) is 14.3. The number of carbonyl (C=O) groups excluding carboxylic acids is 1. The van der Waals surface area contributed by atoms with Gasteiger partial charge in [-0.1, -0.05) is 13.8 Å². The van der Waals surface area contributed by atoms with Gasteiger partial charge in [0.25, 0.3) is 5.91 Å². The van der Waals surface area contributed by atoms with Gasteiger partial charge in [0, 0.05) is 19.3 Å². The van der Waals surface area contributed by atoms with E-state index in [-0.39, 0.29) is 23.9 Å². The molecule has 1 amide bonds. The molecule has 1 N–H and O–H groups in total. The van der Waals surface area contributed by atoms with E-state index in [2.05, 4.69) is 39.7 Å². The van der Waals surface area contributed by atoms with Gasteiger partial charge >= 0.3 is 0 Å². The molecule has 5 nitrogen and oxygen atoms in total. The third-order valence-electron chi connectivity index (χ3n) is 3.15. The summed E-state index contributed by atoms with van der Waals surface area (Å²) >= 11 is 0. The lowest BCUT2D eigenvalue weighted by molar-refractivity contribution is 0.0364. The number of carbonyl (C=O) groups is 1. The van der Waals surface area contributed by atoms with Crippen LogP contribution >= 0.6 is 0 Å². The van der Waals surface area contributed by atoms with Gasteiger partial charge in [0.2, 0.25) is 0 Å². The van der Waals surface area contributed by atoms with Gasteiger partial charge in [-0.3, -0.25) is 9.48 Å². The minimum Gasteiger partial charge on any atom is -0.389 e. The molecule has 0 bridgehead atoms. The van der Waals surface area contributed by atoms with Crippen LogP contribution in [0.2, 0.25) is 0 Å². The van der Waals surface area contributed by atoms with Gasteiger partial charge in [-0.05, 0) is 46.6 Å². The zero-order chi connectivity index (χ0) is 16.6. The van der Waals surface area contributed by atoms with Crippen LogP contribution < -0.4 is 0 Å². The molecule has 0 aliphatic rings. The molecule has 1 rings (SSSR count). The summed E-state index contributed by atoms with van der Waals surface area (Å²) in [5.74, 6) is 0.125. The molecule has 1 aromatic heterocycles. The van der Waals surface area contributed by atoms with E-state index in [9.17, 15) is 9.90 Å². The fourth-order valence-electron chi connectivity index (χ4n) is 2.30. The molecule has 0 saturated heterocycles. The van der Waals surface area contributed by atoms with Gasteiger partial charge in [-0.2, -0.15) is 5.10 Å². The maximum Gasteiger partial charge on any atom is 0.274 e. The number of amides is 1. The fraction of sp³-hybridized carbons (Fsp3) is 0.750. The van der Waals surface area contributed by atoms with E-state index in [4.69, 9.17) is 0 Å². The molecule has 0 aromatic carbocycles. The van der Waals surface area contributed by atoms with Crippen molar-refractivity contribution in [3.05, 3.63) is 17.5 Å². The topological polar surface area (TPSA) is 58.4 Å². The predicted molar refractivity (Wildman–Crippen MR) is 84.6 cm³/mol. The lowest BCUT2D eigenvalue weighted by Crippen LogP contribution is -2.40. The minimum absolute atomic E-state index is 0.165. The van der Waals surface area contributed by atoms with Crippen LogP contribution in [0.4, 0.5) is 0 Å². The highest BCUT2D eigenvalue weighted by Gasteiger charge is 2.26. The van der Waals surface area contributed by atoms with Crippen molar-refractivity contribution in [1.82, 2.24) is 14.7 Å². The monoisotopic (exact) mass is 295 g/mol. The van der Waals surface area contributed by atoms with Crippen molar-refractivity contribution in [2.24, 2.45) is 0 Å². The van der Waals surface area contributed by atoms with E-state index in [0.29, 0.717) is 5.69 Å². The van der Waals surface area contributed by atoms with Crippen LogP contribution in [-0.4, -0.2) is 44.9 Å². The summed E-state index contributed by atoms with van der Waals surface area (Å²) in [7, 11) is 1.69. The second-order valence-electron chi connectivity index (χ2n) is 7.67. The van der Waals surface area contributed by atoms with Crippen LogP contribution in [-0.2, 0) is 5.54 Å². The van der Waals surface area contributed by atoms with Crippen LogP contribution in [0.1, 0.15) is 70.6 Å². The Morgan fingerprint density at radius 1 is 1.33 bits per heavy atom. The molecule has 5 heteroatoms. The van der Waals surface area contributed by atoms with Crippen LogP contribution in [0, 0.1) is 0 Å². The molecule has 0 atom stereocenters. The van der Waals surface area contributed by atoms with Crippen molar-refractivity contribution in [2.75, 3.05) is 13.6 Å². The fourth-order valence-corrected chi connectivity index (χ4v) is 2.30. The molecule has 0 saturated carbocycles. The van der Waals surface area contributed by atoms with Crippen LogP contribution in [0.15, 0.2) is 6.07 Å². The number of rotatable bonds is 4. The van der Waals surface area contributed by atoms with E-state index in [0.717, 1.165) is 5.69 Å². The first-order chi connectivity index (χ1) is 9.33. The van der Waals surface area contributed by atoms with Gasteiger partial charge in [0.05, 0.1) is 11.1 Å². The quantitative estimate of drug-likeness (QED) is 0.929. The van der Waals surface area contributed by atoms with Crippen molar-refractivity contribution in [3.63, 3.8) is 0 Å². The Hall–Kier alpha value is -1.36. The molecule has 120 valence electrons. The van der Waals surface area contributed by atoms with Gasteiger partial charge in [-0.25, -0.2) is 0 Å². The Bertz CT molecular complexity index is 505. The first kappa shape index (κ1) is 17.7. The van der Waals surface area contributed by atoms with Crippen LogP contribution in [0.5, 0.6) is 0 Å². The summed E-state index contributed by atoms with van der Waals surface area (Å²) < 4.78 is 1.92. The number of aromatic nitrogens is 2. The van der Waals surface area contributed by atoms with Crippen LogP contribution in [0.25, 0.3) is 0 Å². The lowest BCUT2D eigenvalue weighted by atomic mass is 10.1. The Balaban J connectivity index is 3.12. The Morgan fingerprint density at radius 3 is 2.19 bits per heavy atom. The van der Waals surface area contributed by atoms with E-state index in [1.165, 1.54) is 4.90 Å². The number of aliphatic hydroxyl groups is 1. The molecule has 0 aliphatic carbocycles. The van der Waals surface area contributed by atoms with Crippen molar-refractivity contribution in [2.45, 2.75) is 65.5 Å². The number of likely N-dealkylation sites (N-methyl/N-ethyl adjacent to an activating group) is 1. The van der Waals surface area contributed by atoms with Gasteiger partial charge in [0.15, 0.2) is 5.69 Å². The Morgan fingerprint density at radius 2 is 1.86 bits per heavy atom. The third kappa shape index (κ3) is 4.56. The van der Waals surface area contributed by atoms with Gasteiger partial charge < -0.3 is 10.0 Å². The average molecular weight is 295 g/mol. The zero-order valence-corrected chi connectivity index (χ0v) is 14.6. The molecule has 0 radical (unpaired) electrons. The molecule has 1 aromatic rings. The second kappa shape index (κ2) is 5.79. The molecular formula is C16H29N3O2. The molecule has 0 unspecified atom stereocenters. The standard InChI is InChI=1S/C16H29N3O2/c1-11(2)13-9-12(17-19(13)15(3,4)5)14(20)18(8)10-16(6,7)21/h9,11,21H,10H2,1-8H3. The van der Waals surface area contributed by atoms with Gasteiger partial charge in [-0.15, -0.1) is 0 Å². The van der Waals surface area contributed by atoms with Crippen molar-refractivity contribution < 1.29 is 9.90 Å². The molecule has 0 fully saturated rings. The van der Waals surface area contributed by atoms with E-state index < -0.39 is 5.60 Å². The Labute approximate surface area is 127 Å². The summed E-state index contributed by atoms with van der Waals surface area (Å²) in [6.45, 7) is 14.0. The first-order valence-corrected chi connectivity index (χ1v) is 7.41. The first-order valence-electron chi connectivity index (χ1n) is 7.41. The van der Waals surface area contributed by atoms with E-state index in [1.807, 2.05) is 10.7 Å². The van der Waals surface area contributed by atoms with Crippen molar-refractivity contribution >= 4 is 5.91 Å². The zero-order valence-electron chi connectivity index (χ0n) is 14.6. The normalized spacial score (nSPS) is 12.9. The SMILES string of the molecule is CC(C)c1cc(C(=O)N(C)CC(C)(C)O)nn1C(C)(C)C. The van der Waals surface area contributed by atoms with E-state index >= 15 is 0 Å². The smallest absolute Gasteiger partial charge is 0.274 e. The summed E-state index contributed by atoms with van der Waals surface area (Å²) in [6, 6.07) is 1.86. The molecule has 1 heterocycles. The number of hydrogen-bond acceptors (Lipinski definition) is 3. The predicted octanol–water partition coefficient (Wildman–Crippen LogP) is 2.60. The number of nitrogens with zero attached hydrogens (tertiary/aromatic N) is 3. The van der Waals surface area contributed by atoms with Crippen LogP contribution in [0.3, 0.4) is 0 Å². The minimum atomic E-state index is -0.919. The maximum atomic E-state index is 12.5. The van der Waals surface area contributed by atoms with E-state index in [1.54, 1.807) is 20.9 Å². The molecular weight excluding hydrogens is 266 g/mol. The maximum absolute atomic E-state index is 12.5. The highest BCUT2D eigenvalue weighted by molar-refractivity contribution is 5.92. The molecule has 0 spiro atoms. The average Bonchev–Trinajstić information content (AvgIpc) is 2.69. The van der Waals surface area contributed by atoms with Crippen molar-refractivity contribution in [1.29, 1.82) is 0 Å². The largest absolute Gasteiger partial charge is 0.389 e. The molecule has 21 heavy (non-hydrogen) atoms.